The zero-order valence-corrected chi connectivity index (χ0v) is 18.3. The predicted octanol–water partition coefficient (Wildman–Crippen LogP) is 5.13. The third-order valence-corrected chi connectivity index (χ3v) is 5.46. The molecule has 0 fully saturated rings. The van der Waals surface area contributed by atoms with Crippen molar-refractivity contribution >= 4 is 40.9 Å². The van der Waals surface area contributed by atoms with Crippen LogP contribution in [-0.2, 0) is 14.3 Å². The van der Waals surface area contributed by atoms with Crippen LogP contribution in [0.25, 0.3) is 6.08 Å². The first kappa shape index (κ1) is 22.2. The van der Waals surface area contributed by atoms with Crippen LogP contribution in [0.2, 0.25) is 5.02 Å². The van der Waals surface area contributed by atoms with Crippen molar-refractivity contribution in [1.29, 1.82) is 0 Å². The van der Waals surface area contributed by atoms with Gasteiger partial charge in [0.15, 0.2) is 0 Å². The van der Waals surface area contributed by atoms with Gasteiger partial charge in [-0.15, -0.1) is 0 Å². The molecule has 8 heteroatoms. The van der Waals surface area contributed by atoms with Crippen molar-refractivity contribution in [2.45, 2.75) is 27.7 Å². The van der Waals surface area contributed by atoms with Gasteiger partial charge in [-0.3, -0.25) is 19.8 Å². The second-order valence-corrected chi connectivity index (χ2v) is 7.52. The number of anilines is 1. The molecular weight excluding hydrogens is 420 g/mol. The van der Waals surface area contributed by atoms with Crippen LogP contribution in [0.3, 0.4) is 0 Å². The average molecular weight is 441 g/mol. The number of amides is 1. The first-order chi connectivity index (χ1) is 14.6. The maximum absolute atomic E-state index is 13.4. The first-order valence-corrected chi connectivity index (χ1v) is 9.99. The molecule has 1 aliphatic heterocycles. The number of nitro benzene ring substituents is 1. The fourth-order valence-electron chi connectivity index (χ4n) is 3.37. The van der Waals surface area contributed by atoms with Crippen LogP contribution in [0.5, 0.6) is 0 Å². The number of rotatable bonds is 5. The number of nitrogens with zero attached hydrogens (tertiary/aromatic N) is 2. The van der Waals surface area contributed by atoms with Crippen LogP contribution >= 0.6 is 11.6 Å². The van der Waals surface area contributed by atoms with E-state index in [4.69, 9.17) is 16.3 Å². The van der Waals surface area contributed by atoms with E-state index in [1.807, 2.05) is 26.0 Å². The molecule has 1 aliphatic rings. The van der Waals surface area contributed by atoms with Crippen molar-refractivity contribution in [3.63, 3.8) is 0 Å². The molecule has 0 bridgehead atoms. The number of ether oxygens (including phenoxy) is 1. The fraction of sp³-hybridized carbons (Fsp3) is 0.217. The molecule has 1 amide bonds. The van der Waals surface area contributed by atoms with E-state index >= 15 is 0 Å². The number of halogens is 1. The molecule has 0 N–H and O–H groups in total. The summed E-state index contributed by atoms with van der Waals surface area (Å²) < 4.78 is 5.17. The molecule has 0 aliphatic carbocycles. The molecule has 0 saturated heterocycles. The Balaban J connectivity index is 2.19. The largest absolute Gasteiger partial charge is 0.462 e. The van der Waals surface area contributed by atoms with Crippen molar-refractivity contribution in [1.82, 2.24) is 0 Å². The molecule has 2 aromatic rings. The van der Waals surface area contributed by atoms with Gasteiger partial charge in [-0.25, -0.2) is 4.79 Å². The van der Waals surface area contributed by atoms with Crippen molar-refractivity contribution in [3.05, 3.63) is 85.1 Å². The molecule has 0 aromatic heterocycles. The number of aryl methyl sites for hydroxylation is 2. The number of non-ortho nitro benzene ring substituents is 1. The monoisotopic (exact) mass is 440 g/mol. The van der Waals surface area contributed by atoms with Crippen LogP contribution in [0.4, 0.5) is 11.4 Å². The second-order valence-electron chi connectivity index (χ2n) is 7.11. The molecule has 0 spiro atoms. The van der Waals surface area contributed by atoms with E-state index in [-0.39, 0.29) is 34.0 Å². The van der Waals surface area contributed by atoms with Gasteiger partial charge in [0.1, 0.15) is 0 Å². The van der Waals surface area contributed by atoms with E-state index < -0.39 is 16.8 Å². The van der Waals surface area contributed by atoms with Crippen LogP contribution in [0.15, 0.2) is 53.2 Å². The van der Waals surface area contributed by atoms with E-state index in [0.717, 1.165) is 11.1 Å². The highest BCUT2D eigenvalue weighted by atomic mass is 35.5. The van der Waals surface area contributed by atoms with E-state index in [9.17, 15) is 19.7 Å². The maximum atomic E-state index is 13.4. The van der Waals surface area contributed by atoms with Crippen LogP contribution in [0.1, 0.15) is 30.5 Å². The van der Waals surface area contributed by atoms with Gasteiger partial charge in [-0.05, 0) is 63.1 Å². The summed E-state index contributed by atoms with van der Waals surface area (Å²) >= 11 is 6.22. The standard InChI is InChI=1S/C23H21ClN2O5/c1-5-31-23(28)21-15(4)25(17-7-6-13(2)14(3)10-17)22(27)19(21)12-16-11-18(26(29)30)8-9-20(16)24/h6-12H,5H2,1-4H3/b19-12-. The van der Waals surface area contributed by atoms with Gasteiger partial charge in [0, 0.05) is 34.1 Å². The van der Waals surface area contributed by atoms with Crippen LogP contribution < -0.4 is 4.90 Å². The summed E-state index contributed by atoms with van der Waals surface area (Å²) in [5, 5.41) is 11.4. The first-order valence-electron chi connectivity index (χ1n) is 9.61. The number of hydrogen-bond donors (Lipinski definition) is 0. The second kappa shape index (κ2) is 8.73. The number of nitro groups is 1. The molecule has 7 nitrogen and oxygen atoms in total. The Hall–Kier alpha value is -3.45. The lowest BCUT2D eigenvalue weighted by atomic mass is 10.0. The van der Waals surface area contributed by atoms with E-state index in [0.29, 0.717) is 11.4 Å². The summed E-state index contributed by atoms with van der Waals surface area (Å²) in [4.78, 5) is 38.2. The Morgan fingerprint density at radius 2 is 1.87 bits per heavy atom. The molecular formula is C23H21ClN2O5. The topological polar surface area (TPSA) is 89.8 Å². The molecule has 1 heterocycles. The highest BCUT2D eigenvalue weighted by Crippen LogP contribution is 2.37. The van der Waals surface area contributed by atoms with Crippen LogP contribution in [-0.4, -0.2) is 23.4 Å². The lowest BCUT2D eigenvalue weighted by molar-refractivity contribution is -0.384. The van der Waals surface area contributed by atoms with Crippen LogP contribution in [0, 0.1) is 24.0 Å². The zero-order chi connectivity index (χ0) is 22.9. The van der Waals surface area contributed by atoms with Gasteiger partial charge in [0.25, 0.3) is 11.6 Å². The zero-order valence-electron chi connectivity index (χ0n) is 17.6. The number of hydrogen-bond acceptors (Lipinski definition) is 5. The highest BCUT2D eigenvalue weighted by Gasteiger charge is 2.38. The lowest BCUT2D eigenvalue weighted by Crippen LogP contribution is -2.24. The summed E-state index contributed by atoms with van der Waals surface area (Å²) in [6.45, 7) is 7.37. The Morgan fingerprint density at radius 3 is 2.48 bits per heavy atom. The number of carbonyl (C=O) groups is 2. The number of benzene rings is 2. The van der Waals surface area contributed by atoms with Gasteiger partial charge in [-0.1, -0.05) is 17.7 Å². The van der Waals surface area contributed by atoms with Crippen molar-refractivity contribution in [2.75, 3.05) is 11.5 Å². The Labute approximate surface area is 184 Å². The summed E-state index contributed by atoms with van der Waals surface area (Å²) in [7, 11) is 0. The minimum atomic E-state index is -0.646. The minimum absolute atomic E-state index is 0.0663. The van der Waals surface area contributed by atoms with E-state index in [2.05, 4.69) is 0 Å². The molecule has 0 atom stereocenters. The van der Waals surface area contributed by atoms with E-state index in [1.54, 1.807) is 19.9 Å². The van der Waals surface area contributed by atoms with E-state index in [1.165, 1.54) is 29.2 Å². The minimum Gasteiger partial charge on any atom is -0.462 e. The Morgan fingerprint density at radius 1 is 1.16 bits per heavy atom. The molecule has 31 heavy (non-hydrogen) atoms. The summed E-state index contributed by atoms with van der Waals surface area (Å²) in [6.07, 6.45) is 1.40. The third-order valence-electron chi connectivity index (χ3n) is 5.12. The quantitative estimate of drug-likeness (QED) is 0.278. The van der Waals surface area contributed by atoms with Gasteiger partial charge in [0.2, 0.25) is 0 Å². The molecule has 0 radical (unpaired) electrons. The molecule has 0 saturated carbocycles. The van der Waals surface area contributed by atoms with Gasteiger partial charge >= 0.3 is 5.97 Å². The summed E-state index contributed by atoms with van der Waals surface area (Å²) in [6, 6.07) is 9.48. The lowest BCUT2D eigenvalue weighted by Gasteiger charge is -2.19. The molecule has 2 aromatic carbocycles. The highest BCUT2D eigenvalue weighted by molar-refractivity contribution is 6.32. The normalized spacial score (nSPS) is 15.1. The van der Waals surface area contributed by atoms with Gasteiger partial charge < -0.3 is 4.74 Å². The smallest absolute Gasteiger partial charge is 0.340 e. The number of allylic oxidation sites excluding steroid dienone is 1. The molecule has 160 valence electrons. The molecule has 3 rings (SSSR count). The number of esters is 1. The summed E-state index contributed by atoms with van der Waals surface area (Å²) in [5.74, 6) is -1.08. The van der Waals surface area contributed by atoms with Gasteiger partial charge in [-0.2, -0.15) is 0 Å². The van der Waals surface area contributed by atoms with Crippen molar-refractivity contribution in [2.24, 2.45) is 0 Å². The fourth-order valence-corrected chi connectivity index (χ4v) is 3.54. The molecule has 0 unspecified atom stereocenters. The van der Waals surface area contributed by atoms with Crippen molar-refractivity contribution in [3.8, 4) is 0 Å². The third kappa shape index (κ3) is 4.22. The Kier molecular flexibility index (Phi) is 6.27. The maximum Gasteiger partial charge on any atom is 0.340 e. The predicted molar refractivity (Wildman–Crippen MR) is 119 cm³/mol. The number of carbonyl (C=O) groups excluding carboxylic acids is 2. The summed E-state index contributed by atoms with van der Waals surface area (Å²) in [5.41, 5.74) is 3.35. The average Bonchev–Trinajstić information content (AvgIpc) is 2.95. The Bertz CT molecular complexity index is 1170. The van der Waals surface area contributed by atoms with Gasteiger partial charge in [0.05, 0.1) is 22.7 Å². The SMILES string of the molecule is CCOC(=O)C1=C(C)N(c2ccc(C)c(C)c2)C(=O)/C1=C\c1cc([N+](=O)[O-])ccc1Cl. The van der Waals surface area contributed by atoms with Crippen molar-refractivity contribution < 1.29 is 19.2 Å².